The van der Waals surface area contributed by atoms with Gasteiger partial charge in [0, 0.05) is 29.1 Å². The molecule has 1 aromatic heterocycles. The highest BCUT2D eigenvalue weighted by Crippen LogP contribution is 2.36. The monoisotopic (exact) mass is 530 g/mol. The maximum Gasteiger partial charge on any atom is 0.250 e. The summed E-state index contributed by atoms with van der Waals surface area (Å²) in [5, 5.41) is 15.7. The summed E-state index contributed by atoms with van der Waals surface area (Å²) in [6.07, 6.45) is 1.42. The molecule has 0 radical (unpaired) electrons. The fraction of sp³-hybridized carbons (Fsp3) is 0.207. The number of carbonyl (C=O) groups excluding carboxylic acids is 1. The van der Waals surface area contributed by atoms with Gasteiger partial charge in [0.1, 0.15) is 11.6 Å². The normalized spacial score (nSPS) is 11.7. The Balaban J connectivity index is 1.85. The number of nitrogens with two attached hydrogens (primary N) is 2. The third-order valence-electron chi connectivity index (χ3n) is 5.85. The van der Waals surface area contributed by atoms with E-state index in [0.717, 1.165) is 0 Å². The second-order valence-corrected chi connectivity index (χ2v) is 9.06. The number of hydrogen-bond donors (Lipinski definition) is 4. The topological polar surface area (TPSA) is 141 Å². The van der Waals surface area contributed by atoms with Crippen molar-refractivity contribution in [3.63, 3.8) is 0 Å². The van der Waals surface area contributed by atoms with E-state index in [1.54, 1.807) is 66.9 Å². The number of nitrogen functional groups attached to an aromatic ring is 1. The molecule has 6 N–H and O–H groups in total. The minimum absolute atomic E-state index is 0.0585. The van der Waals surface area contributed by atoms with Crippen molar-refractivity contribution < 1.29 is 18.7 Å². The van der Waals surface area contributed by atoms with Crippen molar-refractivity contribution in [2.75, 3.05) is 11.9 Å². The number of amides is 1. The molecule has 1 heterocycles. The number of anilines is 1. The first-order valence-electron chi connectivity index (χ1n) is 12.5. The Morgan fingerprint density at radius 1 is 1.10 bits per heavy atom. The van der Waals surface area contributed by atoms with Gasteiger partial charge in [-0.25, -0.2) is 9.07 Å². The third kappa shape index (κ3) is 6.18. The number of rotatable bonds is 11. The summed E-state index contributed by atoms with van der Waals surface area (Å²) in [5.41, 5.74) is 13.9. The molecular weight excluding hydrogens is 499 g/mol. The molecule has 9 nitrogen and oxygen atoms in total. The molecule has 0 saturated carbocycles. The maximum atomic E-state index is 16.0. The first kappa shape index (κ1) is 27.2. The van der Waals surface area contributed by atoms with E-state index in [1.807, 2.05) is 20.8 Å². The van der Waals surface area contributed by atoms with Gasteiger partial charge in [-0.2, -0.15) is 5.10 Å². The molecule has 10 heteroatoms. The minimum Gasteiger partial charge on any atom is -0.494 e. The second-order valence-electron chi connectivity index (χ2n) is 9.06. The molecule has 4 rings (SSSR count). The van der Waals surface area contributed by atoms with E-state index in [1.165, 1.54) is 10.7 Å². The SMILES string of the molecule is CCOc1cc(OC(C)C)c(F)c(C(Nc2ccc(C(=N)N)cc2)c2ccn(-c3ccccc3C(N)=O)n2)c1. The first-order valence-corrected chi connectivity index (χ1v) is 12.5. The number of nitrogens with one attached hydrogen (secondary N) is 2. The largest absolute Gasteiger partial charge is 0.494 e. The van der Waals surface area contributed by atoms with Crippen molar-refractivity contribution >= 4 is 17.4 Å². The van der Waals surface area contributed by atoms with Crippen LogP contribution in [0.25, 0.3) is 5.69 Å². The zero-order chi connectivity index (χ0) is 28.1. The molecule has 1 unspecified atom stereocenters. The molecule has 0 spiro atoms. The van der Waals surface area contributed by atoms with Gasteiger partial charge in [-0.1, -0.05) is 12.1 Å². The van der Waals surface area contributed by atoms with E-state index in [4.69, 9.17) is 31.4 Å². The van der Waals surface area contributed by atoms with Crippen LogP contribution in [0.15, 0.2) is 72.9 Å². The van der Waals surface area contributed by atoms with Crippen molar-refractivity contribution in [2.24, 2.45) is 11.5 Å². The average Bonchev–Trinajstić information content (AvgIpc) is 3.39. The lowest BCUT2D eigenvalue weighted by Crippen LogP contribution is -2.18. The lowest BCUT2D eigenvalue weighted by Gasteiger charge is -2.22. The van der Waals surface area contributed by atoms with Crippen LogP contribution in [0, 0.1) is 11.2 Å². The molecule has 39 heavy (non-hydrogen) atoms. The minimum atomic E-state index is -0.787. The summed E-state index contributed by atoms with van der Waals surface area (Å²) >= 11 is 0. The van der Waals surface area contributed by atoms with E-state index in [-0.39, 0.29) is 23.3 Å². The molecule has 0 aliphatic rings. The van der Waals surface area contributed by atoms with Crippen molar-refractivity contribution in [1.29, 1.82) is 5.41 Å². The number of carbonyl (C=O) groups is 1. The molecule has 0 saturated heterocycles. The highest BCUT2D eigenvalue weighted by molar-refractivity contribution is 5.96. The van der Waals surface area contributed by atoms with E-state index < -0.39 is 17.8 Å². The van der Waals surface area contributed by atoms with Crippen LogP contribution >= 0.6 is 0 Å². The van der Waals surface area contributed by atoms with Crippen LogP contribution in [0.3, 0.4) is 0 Å². The summed E-state index contributed by atoms with van der Waals surface area (Å²) in [7, 11) is 0. The molecular formula is C29H31FN6O3. The molecule has 1 amide bonds. The summed E-state index contributed by atoms with van der Waals surface area (Å²) in [6, 6.07) is 17.8. The Hall–Kier alpha value is -4.86. The van der Waals surface area contributed by atoms with Gasteiger partial charge < -0.3 is 26.3 Å². The number of aromatic nitrogens is 2. The van der Waals surface area contributed by atoms with Crippen LogP contribution in [0.2, 0.25) is 0 Å². The smallest absolute Gasteiger partial charge is 0.250 e. The van der Waals surface area contributed by atoms with Crippen molar-refractivity contribution in [1.82, 2.24) is 9.78 Å². The lowest BCUT2D eigenvalue weighted by molar-refractivity contribution is 0.1000. The predicted molar refractivity (Wildman–Crippen MR) is 148 cm³/mol. The zero-order valence-corrected chi connectivity index (χ0v) is 21.9. The van der Waals surface area contributed by atoms with Gasteiger partial charge in [0.15, 0.2) is 11.6 Å². The predicted octanol–water partition coefficient (Wildman–Crippen LogP) is 4.78. The molecule has 1 atom stereocenters. The van der Waals surface area contributed by atoms with E-state index in [2.05, 4.69) is 5.32 Å². The standard InChI is InChI=1S/C29H31FN6O3/c1-4-38-20-15-22(26(30)25(16-20)39-17(2)3)27(34-19-11-9-18(10-12-19)28(31)32)23-13-14-36(35-23)24-8-6-5-7-21(24)29(33)37/h5-17,27,34H,4H2,1-3H3,(H3,31,32)(H2,33,37). The highest BCUT2D eigenvalue weighted by atomic mass is 19.1. The molecule has 0 aliphatic carbocycles. The number of halogens is 1. The fourth-order valence-corrected chi connectivity index (χ4v) is 4.12. The number of ether oxygens (including phenoxy) is 2. The Bertz CT molecular complexity index is 1480. The number of benzene rings is 3. The van der Waals surface area contributed by atoms with Gasteiger partial charge in [-0.3, -0.25) is 10.2 Å². The molecule has 0 fully saturated rings. The van der Waals surface area contributed by atoms with E-state index in [0.29, 0.717) is 40.6 Å². The quantitative estimate of drug-likeness (QED) is 0.162. The van der Waals surface area contributed by atoms with Gasteiger partial charge in [0.05, 0.1) is 35.7 Å². The van der Waals surface area contributed by atoms with Crippen LogP contribution in [0.5, 0.6) is 11.5 Å². The Morgan fingerprint density at radius 2 is 1.82 bits per heavy atom. The third-order valence-corrected chi connectivity index (χ3v) is 5.85. The first-order chi connectivity index (χ1) is 18.7. The lowest BCUT2D eigenvalue weighted by atomic mass is 10.0. The second kappa shape index (κ2) is 11.7. The van der Waals surface area contributed by atoms with Crippen LogP contribution in [0.1, 0.15) is 54.0 Å². The van der Waals surface area contributed by atoms with Gasteiger partial charge >= 0.3 is 0 Å². The van der Waals surface area contributed by atoms with Crippen LogP contribution < -0.4 is 26.3 Å². The summed E-state index contributed by atoms with van der Waals surface area (Å²) in [6.45, 7) is 5.86. The summed E-state index contributed by atoms with van der Waals surface area (Å²) in [4.78, 5) is 12.0. The Kier molecular flexibility index (Phi) is 8.14. The van der Waals surface area contributed by atoms with Gasteiger partial charge in [0.25, 0.3) is 5.91 Å². The molecule has 3 aromatic carbocycles. The summed E-state index contributed by atoms with van der Waals surface area (Å²) in [5.74, 6) is -0.702. The van der Waals surface area contributed by atoms with Crippen LogP contribution in [-0.4, -0.2) is 34.2 Å². The molecule has 202 valence electrons. The van der Waals surface area contributed by atoms with Gasteiger partial charge in [0.2, 0.25) is 0 Å². The Labute approximate surface area is 226 Å². The Morgan fingerprint density at radius 3 is 2.46 bits per heavy atom. The van der Waals surface area contributed by atoms with Crippen molar-refractivity contribution in [3.05, 3.63) is 101 Å². The van der Waals surface area contributed by atoms with Gasteiger partial charge in [-0.05, 0) is 69.3 Å². The van der Waals surface area contributed by atoms with Crippen molar-refractivity contribution in [3.8, 4) is 17.2 Å². The highest BCUT2D eigenvalue weighted by Gasteiger charge is 2.26. The average molecular weight is 531 g/mol. The number of amidine groups is 1. The number of hydrogen-bond acceptors (Lipinski definition) is 6. The van der Waals surface area contributed by atoms with Crippen LogP contribution in [-0.2, 0) is 0 Å². The maximum absolute atomic E-state index is 16.0. The van der Waals surface area contributed by atoms with Gasteiger partial charge in [-0.15, -0.1) is 0 Å². The summed E-state index contributed by atoms with van der Waals surface area (Å²) < 4.78 is 29.0. The number of para-hydroxylation sites is 1. The fourth-order valence-electron chi connectivity index (χ4n) is 4.12. The number of nitrogens with zero attached hydrogens (tertiary/aromatic N) is 2. The molecule has 0 bridgehead atoms. The van der Waals surface area contributed by atoms with E-state index in [9.17, 15) is 4.79 Å². The zero-order valence-electron chi connectivity index (χ0n) is 21.9. The molecule has 4 aromatic rings. The molecule has 0 aliphatic heterocycles. The van der Waals surface area contributed by atoms with Crippen LogP contribution in [0.4, 0.5) is 10.1 Å². The number of primary amides is 1. The van der Waals surface area contributed by atoms with E-state index >= 15 is 4.39 Å². The van der Waals surface area contributed by atoms with Crippen molar-refractivity contribution in [2.45, 2.75) is 32.9 Å².